The van der Waals surface area contributed by atoms with Crippen molar-refractivity contribution >= 4 is 5.91 Å². The molecule has 33 heavy (non-hydrogen) atoms. The third kappa shape index (κ3) is 4.23. The number of fused-ring (bicyclic) bond motifs is 2. The largest absolute Gasteiger partial charge is 0.433 e. The van der Waals surface area contributed by atoms with Crippen molar-refractivity contribution in [3.8, 4) is 17.2 Å². The zero-order valence-corrected chi connectivity index (χ0v) is 18.3. The molecule has 2 aliphatic carbocycles. The lowest BCUT2D eigenvalue weighted by Gasteiger charge is -2.28. The summed E-state index contributed by atoms with van der Waals surface area (Å²) in [5.41, 5.74) is -0.519. The Labute approximate surface area is 188 Å². The lowest BCUT2D eigenvalue weighted by molar-refractivity contribution is -0.141. The molecule has 8 nitrogen and oxygen atoms in total. The Morgan fingerprint density at radius 3 is 2.70 bits per heavy atom. The Morgan fingerprint density at radius 2 is 2.06 bits per heavy atom. The molecular formula is C22H24F3N7O. The van der Waals surface area contributed by atoms with Crippen molar-refractivity contribution in [3.05, 3.63) is 42.1 Å². The van der Waals surface area contributed by atoms with Crippen molar-refractivity contribution in [1.29, 1.82) is 0 Å². The van der Waals surface area contributed by atoms with Gasteiger partial charge in [-0.2, -0.15) is 23.4 Å². The molecule has 3 aromatic rings. The van der Waals surface area contributed by atoms with E-state index in [1.54, 1.807) is 13.2 Å². The maximum absolute atomic E-state index is 13.5. The number of aromatic nitrogens is 6. The van der Waals surface area contributed by atoms with Gasteiger partial charge in [-0.25, -0.2) is 14.6 Å². The van der Waals surface area contributed by atoms with Crippen LogP contribution >= 0.6 is 0 Å². The molecule has 1 N–H and O–H groups in total. The highest BCUT2D eigenvalue weighted by Crippen LogP contribution is 2.49. The number of rotatable bonds is 5. The Hall–Kier alpha value is -3.24. The molecule has 5 rings (SSSR count). The molecule has 0 aromatic carbocycles. The quantitative estimate of drug-likeness (QED) is 0.629. The van der Waals surface area contributed by atoms with E-state index >= 15 is 0 Å². The van der Waals surface area contributed by atoms with E-state index < -0.39 is 11.9 Å². The van der Waals surface area contributed by atoms with Gasteiger partial charge in [-0.15, -0.1) is 0 Å². The number of hydrogen-bond donors (Lipinski definition) is 1. The second-order valence-electron chi connectivity index (χ2n) is 9.09. The van der Waals surface area contributed by atoms with Gasteiger partial charge in [-0.3, -0.25) is 9.48 Å². The van der Waals surface area contributed by atoms with Crippen molar-refractivity contribution < 1.29 is 18.0 Å². The van der Waals surface area contributed by atoms with Gasteiger partial charge in [0.2, 0.25) is 0 Å². The summed E-state index contributed by atoms with van der Waals surface area (Å²) in [7, 11) is 1.66. The molecular weight excluding hydrogens is 435 g/mol. The van der Waals surface area contributed by atoms with Crippen LogP contribution in [0.5, 0.6) is 0 Å². The van der Waals surface area contributed by atoms with Crippen LogP contribution in [0.15, 0.2) is 30.7 Å². The monoisotopic (exact) mass is 459 g/mol. The number of aryl methyl sites for hydroxylation is 1. The summed E-state index contributed by atoms with van der Waals surface area (Å²) in [6.07, 6.45) is 4.58. The molecule has 1 amide bonds. The zero-order valence-electron chi connectivity index (χ0n) is 18.3. The van der Waals surface area contributed by atoms with Crippen LogP contribution in [0.2, 0.25) is 0 Å². The summed E-state index contributed by atoms with van der Waals surface area (Å²) in [6, 6.07) is 2.34. The van der Waals surface area contributed by atoms with Crippen molar-refractivity contribution in [2.24, 2.45) is 24.8 Å². The molecule has 2 bridgehead atoms. The summed E-state index contributed by atoms with van der Waals surface area (Å²) in [5, 5.41) is 11.2. The lowest BCUT2D eigenvalue weighted by atomic mass is 9.84. The Kier molecular flexibility index (Phi) is 5.21. The number of carbonyl (C=O) groups excluding carboxylic acids is 1. The number of alkyl halides is 3. The van der Waals surface area contributed by atoms with Crippen LogP contribution in [0.25, 0.3) is 17.2 Å². The molecule has 4 atom stereocenters. The SMILES string of the molecule is CC(NC(=O)c1ccn(-c2nc(-c3cnn(C)c3)cc(C(F)(F)F)n2)n1)C1CC2CCC1C2. The average molecular weight is 459 g/mol. The molecule has 11 heteroatoms. The van der Waals surface area contributed by atoms with E-state index in [1.165, 1.54) is 42.4 Å². The minimum absolute atomic E-state index is 0.0138. The topological polar surface area (TPSA) is 90.5 Å². The first-order valence-electron chi connectivity index (χ1n) is 11.0. The average Bonchev–Trinajstić information content (AvgIpc) is 3.56. The first kappa shape index (κ1) is 21.6. The van der Waals surface area contributed by atoms with Crippen LogP contribution in [0.3, 0.4) is 0 Å². The number of nitrogens with one attached hydrogen (secondary N) is 1. The van der Waals surface area contributed by atoms with Gasteiger partial charge >= 0.3 is 6.18 Å². The Morgan fingerprint density at radius 1 is 1.24 bits per heavy atom. The minimum Gasteiger partial charge on any atom is -0.348 e. The van der Waals surface area contributed by atoms with Gasteiger partial charge in [0, 0.05) is 31.0 Å². The predicted molar refractivity (Wildman–Crippen MR) is 112 cm³/mol. The van der Waals surface area contributed by atoms with E-state index in [0.717, 1.165) is 23.1 Å². The van der Waals surface area contributed by atoms with Gasteiger partial charge in [0.05, 0.1) is 11.9 Å². The smallest absolute Gasteiger partial charge is 0.348 e. The minimum atomic E-state index is -4.67. The van der Waals surface area contributed by atoms with E-state index in [-0.39, 0.29) is 29.3 Å². The summed E-state index contributed by atoms with van der Waals surface area (Å²) >= 11 is 0. The van der Waals surface area contributed by atoms with E-state index in [0.29, 0.717) is 17.4 Å². The molecule has 3 heterocycles. The maximum Gasteiger partial charge on any atom is 0.433 e. The van der Waals surface area contributed by atoms with E-state index in [9.17, 15) is 18.0 Å². The van der Waals surface area contributed by atoms with Crippen molar-refractivity contribution in [3.63, 3.8) is 0 Å². The summed E-state index contributed by atoms with van der Waals surface area (Å²) < 4.78 is 43.0. The van der Waals surface area contributed by atoms with Crippen LogP contribution in [0, 0.1) is 17.8 Å². The lowest BCUT2D eigenvalue weighted by Crippen LogP contribution is -2.40. The fourth-order valence-corrected chi connectivity index (χ4v) is 5.23. The van der Waals surface area contributed by atoms with Gasteiger partial charge in [0.25, 0.3) is 11.9 Å². The van der Waals surface area contributed by atoms with Crippen molar-refractivity contribution in [2.75, 3.05) is 0 Å². The molecule has 3 aromatic heterocycles. The number of amides is 1. The van der Waals surface area contributed by atoms with Gasteiger partial charge in [0.15, 0.2) is 11.4 Å². The van der Waals surface area contributed by atoms with E-state index in [4.69, 9.17) is 0 Å². The van der Waals surface area contributed by atoms with Crippen LogP contribution in [-0.2, 0) is 13.2 Å². The maximum atomic E-state index is 13.5. The molecule has 0 saturated heterocycles. The normalized spacial score (nSPS) is 23.1. The highest BCUT2D eigenvalue weighted by atomic mass is 19.4. The van der Waals surface area contributed by atoms with Crippen molar-refractivity contribution in [2.45, 2.75) is 44.8 Å². The second-order valence-corrected chi connectivity index (χ2v) is 9.09. The molecule has 0 radical (unpaired) electrons. The van der Waals surface area contributed by atoms with Gasteiger partial charge in [0.1, 0.15) is 0 Å². The predicted octanol–water partition coefficient (Wildman–Crippen LogP) is 3.64. The van der Waals surface area contributed by atoms with Crippen LogP contribution < -0.4 is 5.32 Å². The van der Waals surface area contributed by atoms with Crippen LogP contribution in [-0.4, -0.2) is 41.5 Å². The summed E-state index contributed by atoms with van der Waals surface area (Å²) in [5.74, 6) is 1.26. The highest BCUT2D eigenvalue weighted by molar-refractivity contribution is 5.92. The fourth-order valence-electron chi connectivity index (χ4n) is 5.23. The second kappa shape index (κ2) is 7.96. The third-order valence-electron chi connectivity index (χ3n) is 6.83. The zero-order chi connectivity index (χ0) is 23.3. The molecule has 2 fully saturated rings. The molecule has 0 spiro atoms. The molecule has 0 aliphatic heterocycles. The van der Waals surface area contributed by atoms with Crippen molar-refractivity contribution in [1.82, 2.24) is 34.8 Å². The molecule has 174 valence electrons. The highest BCUT2D eigenvalue weighted by Gasteiger charge is 2.42. The number of nitrogens with zero attached hydrogens (tertiary/aromatic N) is 6. The molecule has 2 aliphatic rings. The summed E-state index contributed by atoms with van der Waals surface area (Å²) in [4.78, 5) is 20.6. The number of halogens is 3. The Bertz CT molecular complexity index is 1180. The third-order valence-corrected chi connectivity index (χ3v) is 6.83. The number of carbonyl (C=O) groups is 1. The van der Waals surface area contributed by atoms with E-state index in [1.807, 2.05) is 6.92 Å². The van der Waals surface area contributed by atoms with Crippen LogP contribution in [0.1, 0.15) is 48.8 Å². The number of hydrogen-bond acceptors (Lipinski definition) is 5. The summed E-state index contributed by atoms with van der Waals surface area (Å²) in [6.45, 7) is 2.01. The van der Waals surface area contributed by atoms with Gasteiger partial charge < -0.3 is 5.32 Å². The van der Waals surface area contributed by atoms with Gasteiger partial charge in [-0.1, -0.05) is 6.42 Å². The fraction of sp³-hybridized carbons (Fsp3) is 0.500. The molecule has 2 saturated carbocycles. The Balaban J connectivity index is 1.39. The van der Waals surface area contributed by atoms with Crippen LogP contribution in [0.4, 0.5) is 13.2 Å². The van der Waals surface area contributed by atoms with E-state index in [2.05, 4.69) is 25.5 Å². The first-order chi connectivity index (χ1) is 15.7. The first-order valence-corrected chi connectivity index (χ1v) is 11.0. The standard InChI is InChI=1S/C22H24F3N7O/c1-12(16-8-13-3-4-14(16)7-13)27-20(33)17-5-6-32(30-17)21-28-18(15-10-26-31(2)11-15)9-19(29-21)22(23,24)25/h5-6,9-14,16H,3-4,7-8H2,1-2H3,(H,27,33). The van der Waals surface area contributed by atoms with Gasteiger partial charge in [-0.05, 0) is 56.1 Å². The molecule has 4 unspecified atom stereocenters.